The van der Waals surface area contributed by atoms with Crippen molar-refractivity contribution >= 4 is 11.0 Å². The van der Waals surface area contributed by atoms with Crippen LogP contribution in [0.3, 0.4) is 0 Å². The Kier molecular flexibility index (Phi) is 3.63. The molecule has 4 nitrogen and oxygen atoms in total. The van der Waals surface area contributed by atoms with Crippen LogP contribution in [0.4, 0.5) is 0 Å². The average molecular weight is 313 g/mol. The first-order valence-electron chi connectivity index (χ1n) is 7.69. The van der Waals surface area contributed by atoms with Gasteiger partial charge >= 0.3 is 6.01 Å². The number of pyridine rings is 1. The number of ether oxygens (including phenoxy) is 1. The molecule has 0 saturated carbocycles. The molecule has 0 bridgehead atoms. The third-order valence-electron chi connectivity index (χ3n) is 3.84. The summed E-state index contributed by atoms with van der Waals surface area (Å²) in [5, 5.41) is 0.904. The number of fused-ring (bicyclic) bond motifs is 1. The fraction of sp³-hybridized carbons (Fsp3) is 0.0500. The summed E-state index contributed by atoms with van der Waals surface area (Å²) in [6.07, 6.45) is 0. The van der Waals surface area contributed by atoms with Gasteiger partial charge in [0.1, 0.15) is 0 Å². The molecule has 0 aliphatic carbocycles. The van der Waals surface area contributed by atoms with E-state index in [-0.39, 0.29) is 0 Å². The maximum Gasteiger partial charge on any atom is 0.318 e. The van der Waals surface area contributed by atoms with Crippen LogP contribution in [0.5, 0.6) is 6.01 Å². The second kappa shape index (κ2) is 6.08. The molecule has 0 aliphatic heterocycles. The highest BCUT2D eigenvalue weighted by Crippen LogP contribution is 2.29. The van der Waals surface area contributed by atoms with Crippen molar-refractivity contribution in [3.63, 3.8) is 0 Å². The van der Waals surface area contributed by atoms with E-state index in [9.17, 15) is 0 Å². The van der Waals surface area contributed by atoms with E-state index in [1.807, 2.05) is 72.8 Å². The zero-order chi connectivity index (χ0) is 16.4. The minimum atomic E-state index is 0.319. The van der Waals surface area contributed by atoms with Crippen LogP contribution in [0.25, 0.3) is 33.5 Å². The molecule has 0 spiro atoms. The van der Waals surface area contributed by atoms with Crippen molar-refractivity contribution in [3.8, 4) is 28.5 Å². The first kappa shape index (κ1) is 14.3. The third kappa shape index (κ3) is 2.58. The van der Waals surface area contributed by atoms with E-state index in [0.29, 0.717) is 11.7 Å². The van der Waals surface area contributed by atoms with Gasteiger partial charge in [0.25, 0.3) is 0 Å². The maximum absolute atomic E-state index is 5.27. The Labute approximate surface area is 139 Å². The van der Waals surface area contributed by atoms with Gasteiger partial charge in [-0.25, -0.2) is 4.98 Å². The predicted octanol–water partition coefficient (Wildman–Crippen LogP) is 4.37. The molecule has 24 heavy (non-hydrogen) atoms. The van der Waals surface area contributed by atoms with Crippen molar-refractivity contribution in [2.75, 3.05) is 7.11 Å². The van der Waals surface area contributed by atoms with Crippen LogP contribution < -0.4 is 4.74 Å². The summed E-state index contributed by atoms with van der Waals surface area (Å²) >= 11 is 0. The highest BCUT2D eigenvalue weighted by atomic mass is 16.5. The minimum Gasteiger partial charge on any atom is -0.467 e. The molecule has 0 atom stereocenters. The molecule has 0 N–H and O–H groups in total. The maximum atomic E-state index is 5.27. The van der Waals surface area contributed by atoms with Gasteiger partial charge in [0, 0.05) is 16.5 Å². The lowest BCUT2D eigenvalue weighted by Gasteiger charge is -2.09. The Balaban J connectivity index is 1.95. The molecule has 0 fully saturated rings. The third-order valence-corrected chi connectivity index (χ3v) is 3.84. The van der Waals surface area contributed by atoms with Crippen LogP contribution in [0.1, 0.15) is 0 Å². The topological polar surface area (TPSA) is 47.9 Å². The standard InChI is InChI=1S/C20H15N3O/c1-24-20-22-18(15-10-6-3-7-11-15)16-12-13-17(21-19(16)23-20)14-8-4-2-5-9-14/h2-13H,1H3. The largest absolute Gasteiger partial charge is 0.467 e. The van der Waals surface area contributed by atoms with E-state index in [1.165, 1.54) is 0 Å². The van der Waals surface area contributed by atoms with E-state index in [1.54, 1.807) is 7.11 Å². The van der Waals surface area contributed by atoms with Crippen LogP contribution in [-0.2, 0) is 0 Å². The molecule has 2 heterocycles. The smallest absolute Gasteiger partial charge is 0.318 e. The Hall–Kier alpha value is -3.27. The quantitative estimate of drug-likeness (QED) is 0.563. The normalized spacial score (nSPS) is 10.7. The number of aromatic nitrogens is 3. The SMILES string of the molecule is COc1nc(-c2ccccc2)c2ccc(-c3ccccc3)nc2n1. The van der Waals surface area contributed by atoms with Gasteiger partial charge < -0.3 is 4.74 Å². The van der Waals surface area contributed by atoms with Crippen molar-refractivity contribution in [2.24, 2.45) is 0 Å². The number of benzene rings is 2. The summed E-state index contributed by atoms with van der Waals surface area (Å²) < 4.78 is 5.27. The second-order valence-electron chi connectivity index (χ2n) is 5.36. The number of rotatable bonds is 3. The second-order valence-corrected chi connectivity index (χ2v) is 5.36. The zero-order valence-electron chi connectivity index (χ0n) is 13.2. The van der Waals surface area contributed by atoms with Gasteiger partial charge in [0.2, 0.25) is 0 Å². The van der Waals surface area contributed by atoms with Gasteiger partial charge in [-0.1, -0.05) is 60.7 Å². The molecule has 2 aromatic heterocycles. The monoisotopic (exact) mass is 313 g/mol. The first-order chi connectivity index (χ1) is 11.8. The molecule has 0 unspecified atom stereocenters. The molecule has 4 rings (SSSR count). The summed E-state index contributed by atoms with van der Waals surface area (Å²) in [6, 6.07) is 24.4. The molecule has 116 valence electrons. The van der Waals surface area contributed by atoms with Gasteiger partial charge in [-0.3, -0.25) is 0 Å². The fourth-order valence-electron chi connectivity index (χ4n) is 2.67. The van der Waals surface area contributed by atoms with Crippen molar-refractivity contribution < 1.29 is 4.74 Å². The van der Waals surface area contributed by atoms with Crippen molar-refractivity contribution in [2.45, 2.75) is 0 Å². The molecular weight excluding hydrogens is 298 g/mol. The average Bonchev–Trinajstić information content (AvgIpc) is 2.68. The summed E-state index contributed by atoms with van der Waals surface area (Å²) in [6.45, 7) is 0. The molecule has 0 saturated heterocycles. The van der Waals surface area contributed by atoms with Crippen LogP contribution in [0, 0.1) is 0 Å². The van der Waals surface area contributed by atoms with E-state index in [4.69, 9.17) is 9.72 Å². The van der Waals surface area contributed by atoms with Gasteiger partial charge in [-0.15, -0.1) is 0 Å². The van der Waals surface area contributed by atoms with E-state index in [2.05, 4.69) is 9.97 Å². The van der Waals surface area contributed by atoms with Crippen LogP contribution >= 0.6 is 0 Å². The first-order valence-corrected chi connectivity index (χ1v) is 7.69. The predicted molar refractivity (Wildman–Crippen MR) is 94.8 cm³/mol. The van der Waals surface area contributed by atoms with Gasteiger partial charge in [0.05, 0.1) is 18.5 Å². The zero-order valence-corrected chi connectivity index (χ0v) is 13.2. The van der Waals surface area contributed by atoms with Crippen molar-refractivity contribution in [1.29, 1.82) is 0 Å². The van der Waals surface area contributed by atoms with Crippen LogP contribution in [0.2, 0.25) is 0 Å². The summed E-state index contributed by atoms with van der Waals surface area (Å²) in [7, 11) is 1.57. The lowest BCUT2D eigenvalue weighted by Crippen LogP contribution is -1.98. The van der Waals surface area contributed by atoms with E-state index in [0.717, 1.165) is 27.9 Å². The molecular formula is C20H15N3O. The lowest BCUT2D eigenvalue weighted by molar-refractivity contribution is 0.382. The summed E-state index contributed by atoms with van der Waals surface area (Å²) in [5.41, 5.74) is 4.39. The molecule has 0 radical (unpaired) electrons. The summed E-state index contributed by atoms with van der Waals surface area (Å²) in [5.74, 6) is 0. The van der Waals surface area contributed by atoms with Gasteiger partial charge in [-0.2, -0.15) is 9.97 Å². The van der Waals surface area contributed by atoms with Crippen molar-refractivity contribution in [1.82, 2.24) is 15.0 Å². The number of hydrogen-bond donors (Lipinski definition) is 0. The Morgan fingerprint density at radius 3 is 2.00 bits per heavy atom. The molecule has 0 aliphatic rings. The Bertz CT molecular complexity index is 986. The Morgan fingerprint density at radius 2 is 1.33 bits per heavy atom. The minimum absolute atomic E-state index is 0.319. The highest BCUT2D eigenvalue weighted by Gasteiger charge is 2.12. The van der Waals surface area contributed by atoms with Gasteiger partial charge in [0.15, 0.2) is 5.65 Å². The number of hydrogen-bond acceptors (Lipinski definition) is 4. The number of nitrogens with zero attached hydrogens (tertiary/aromatic N) is 3. The van der Waals surface area contributed by atoms with Crippen LogP contribution in [0.15, 0.2) is 72.8 Å². The van der Waals surface area contributed by atoms with Crippen molar-refractivity contribution in [3.05, 3.63) is 72.8 Å². The van der Waals surface area contributed by atoms with E-state index >= 15 is 0 Å². The molecule has 0 amide bonds. The highest BCUT2D eigenvalue weighted by molar-refractivity contribution is 5.91. The molecule has 4 aromatic rings. The fourth-order valence-corrected chi connectivity index (χ4v) is 2.67. The molecule has 4 heteroatoms. The van der Waals surface area contributed by atoms with Crippen LogP contribution in [-0.4, -0.2) is 22.1 Å². The summed E-state index contributed by atoms with van der Waals surface area (Å²) in [4.78, 5) is 13.6. The van der Waals surface area contributed by atoms with Gasteiger partial charge in [-0.05, 0) is 12.1 Å². The molecule has 2 aromatic carbocycles. The van der Waals surface area contributed by atoms with E-state index < -0.39 is 0 Å². The Morgan fingerprint density at radius 1 is 0.667 bits per heavy atom. The lowest BCUT2D eigenvalue weighted by atomic mass is 10.1. The number of methoxy groups -OCH3 is 1.